The number of carbonyl (C=O) groups is 1. The second-order valence-electron chi connectivity index (χ2n) is 2.33. The van der Waals surface area contributed by atoms with Gasteiger partial charge in [-0.3, -0.25) is 4.79 Å². The minimum absolute atomic E-state index is 0.233. The van der Waals surface area contributed by atoms with E-state index in [1.807, 2.05) is 12.3 Å². The van der Waals surface area contributed by atoms with Crippen LogP contribution in [-0.4, -0.2) is 12.6 Å². The SMILES string of the molecule is CCOc1ccsc1OC(=O)CC. The van der Waals surface area contributed by atoms with Crippen molar-refractivity contribution in [2.75, 3.05) is 6.61 Å². The maximum atomic E-state index is 11.0. The number of carbonyl (C=O) groups excluding carboxylic acids is 1. The highest BCUT2D eigenvalue weighted by atomic mass is 32.1. The molecule has 0 amide bonds. The molecule has 0 unspecified atom stereocenters. The van der Waals surface area contributed by atoms with Crippen molar-refractivity contribution >= 4 is 17.3 Å². The van der Waals surface area contributed by atoms with Crippen LogP contribution in [0.1, 0.15) is 20.3 Å². The highest BCUT2D eigenvalue weighted by Crippen LogP contribution is 2.33. The van der Waals surface area contributed by atoms with Crippen molar-refractivity contribution in [2.24, 2.45) is 0 Å². The van der Waals surface area contributed by atoms with Gasteiger partial charge in [0.1, 0.15) is 0 Å². The molecule has 1 aromatic rings. The Morgan fingerprint density at radius 3 is 2.92 bits per heavy atom. The van der Waals surface area contributed by atoms with Gasteiger partial charge in [0.05, 0.1) is 6.61 Å². The van der Waals surface area contributed by atoms with Gasteiger partial charge >= 0.3 is 5.97 Å². The van der Waals surface area contributed by atoms with Gasteiger partial charge in [0, 0.05) is 6.42 Å². The molecule has 3 nitrogen and oxygen atoms in total. The number of thiophene rings is 1. The summed E-state index contributed by atoms with van der Waals surface area (Å²) in [5, 5.41) is 2.39. The molecule has 0 aliphatic rings. The topological polar surface area (TPSA) is 35.5 Å². The third kappa shape index (κ3) is 2.73. The lowest BCUT2D eigenvalue weighted by molar-refractivity contribution is -0.133. The zero-order valence-corrected chi connectivity index (χ0v) is 8.52. The molecule has 0 N–H and O–H groups in total. The van der Waals surface area contributed by atoms with Crippen LogP contribution in [0.25, 0.3) is 0 Å². The molecule has 1 aromatic heterocycles. The quantitative estimate of drug-likeness (QED) is 0.700. The average molecular weight is 200 g/mol. The van der Waals surface area contributed by atoms with Gasteiger partial charge in [0.15, 0.2) is 5.75 Å². The molecule has 0 saturated heterocycles. The van der Waals surface area contributed by atoms with Crippen molar-refractivity contribution in [3.63, 3.8) is 0 Å². The van der Waals surface area contributed by atoms with Gasteiger partial charge in [0.2, 0.25) is 5.06 Å². The molecular weight excluding hydrogens is 188 g/mol. The molecule has 0 aliphatic heterocycles. The molecule has 0 spiro atoms. The van der Waals surface area contributed by atoms with E-state index in [0.717, 1.165) is 0 Å². The van der Waals surface area contributed by atoms with Gasteiger partial charge in [0.25, 0.3) is 0 Å². The van der Waals surface area contributed by atoms with E-state index in [1.165, 1.54) is 11.3 Å². The number of hydrogen-bond acceptors (Lipinski definition) is 4. The summed E-state index contributed by atoms with van der Waals surface area (Å²) in [4.78, 5) is 11.0. The summed E-state index contributed by atoms with van der Waals surface area (Å²) >= 11 is 1.37. The van der Waals surface area contributed by atoms with E-state index >= 15 is 0 Å². The molecule has 13 heavy (non-hydrogen) atoms. The van der Waals surface area contributed by atoms with Gasteiger partial charge in [-0.05, 0) is 18.4 Å². The van der Waals surface area contributed by atoms with Crippen LogP contribution in [0, 0.1) is 0 Å². The monoisotopic (exact) mass is 200 g/mol. The first-order chi connectivity index (χ1) is 6.27. The standard InChI is InChI=1S/C9H12O3S/c1-3-8(10)12-9-7(11-4-2)5-6-13-9/h5-6H,3-4H2,1-2H3. The summed E-state index contributed by atoms with van der Waals surface area (Å²) in [5.74, 6) is 0.415. The summed E-state index contributed by atoms with van der Waals surface area (Å²) < 4.78 is 10.3. The van der Waals surface area contributed by atoms with Crippen LogP contribution in [0.15, 0.2) is 11.4 Å². The zero-order chi connectivity index (χ0) is 9.68. The second-order valence-corrected chi connectivity index (χ2v) is 3.21. The molecule has 0 aromatic carbocycles. The Kier molecular flexibility index (Phi) is 3.76. The molecule has 0 atom stereocenters. The summed E-state index contributed by atoms with van der Waals surface area (Å²) in [6.07, 6.45) is 0.378. The van der Waals surface area contributed by atoms with E-state index in [-0.39, 0.29) is 5.97 Å². The molecule has 0 saturated carbocycles. The second kappa shape index (κ2) is 4.87. The van der Waals surface area contributed by atoms with E-state index in [0.29, 0.717) is 23.8 Å². The predicted octanol–water partition coefficient (Wildman–Crippen LogP) is 2.46. The molecule has 1 rings (SSSR count). The predicted molar refractivity (Wildman–Crippen MR) is 51.4 cm³/mol. The Labute approximate surface area is 81.3 Å². The third-order valence-corrected chi connectivity index (χ3v) is 2.16. The lowest BCUT2D eigenvalue weighted by atomic mass is 10.5. The molecule has 72 valence electrons. The van der Waals surface area contributed by atoms with E-state index in [9.17, 15) is 4.79 Å². The summed E-state index contributed by atoms with van der Waals surface area (Å²) in [7, 11) is 0. The molecule has 0 aliphatic carbocycles. The fourth-order valence-electron chi connectivity index (χ4n) is 0.796. The van der Waals surface area contributed by atoms with Gasteiger partial charge in [-0.25, -0.2) is 0 Å². The first kappa shape index (κ1) is 10.1. The van der Waals surface area contributed by atoms with Gasteiger partial charge in [-0.2, -0.15) is 0 Å². The van der Waals surface area contributed by atoms with Crippen molar-refractivity contribution in [1.29, 1.82) is 0 Å². The van der Waals surface area contributed by atoms with Crippen molar-refractivity contribution in [3.8, 4) is 10.8 Å². The lowest BCUT2D eigenvalue weighted by Gasteiger charge is -2.03. The Bertz CT molecular complexity index is 280. The van der Waals surface area contributed by atoms with Crippen LogP contribution < -0.4 is 9.47 Å². The highest BCUT2D eigenvalue weighted by molar-refractivity contribution is 7.12. The van der Waals surface area contributed by atoms with Crippen molar-refractivity contribution in [2.45, 2.75) is 20.3 Å². The number of hydrogen-bond donors (Lipinski definition) is 0. The molecular formula is C9H12O3S. The first-order valence-electron chi connectivity index (χ1n) is 4.18. The van der Waals surface area contributed by atoms with Crippen molar-refractivity contribution in [3.05, 3.63) is 11.4 Å². The van der Waals surface area contributed by atoms with E-state index < -0.39 is 0 Å². The molecule has 4 heteroatoms. The Morgan fingerprint density at radius 1 is 1.54 bits per heavy atom. The van der Waals surface area contributed by atoms with Crippen molar-refractivity contribution < 1.29 is 14.3 Å². The summed E-state index contributed by atoms with van der Waals surface area (Å²) in [5.41, 5.74) is 0. The van der Waals surface area contributed by atoms with Crippen LogP contribution >= 0.6 is 11.3 Å². The van der Waals surface area contributed by atoms with E-state index in [2.05, 4.69) is 0 Å². The molecule has 0 radical (unpaired) electrons. The maximum absolute atomic E-state index is 11.0. The van der Waals surface area contributed by atoms with Gasteiger partial charge in [-0.15, -0.1) is 11.3 Å². The molecule has 1 heterocycles. The average Bonchev–Trinajstić information content (AvgIpc) is 2.54. The highest BCUT2D eigenvalue weighted by Gasteiger charge is 2.09. The van der Waals surface area contributed by atoms with Gasteiger partial charge in [-0.1, -0.05) is 6.92 Å². The minimum Gasteiger partial charge on any atom is -0.489 e. The number of esters is 1. The van der Waals surface area contributed by atoms with E-state index in [4.69, 9.17) is 9.47 Å². The minimum atomic E-state index is -0.233. The smallest absolute Gasteiger partial charge is 0.311 e. The third-order valence-electron chi connectivity index (χ3n) is 1.39. The largest absolute Gasteiger partial charge is 0.489 e. The Balaban J connectivity index is 2.64. The number of rotatable bonds is 4. The molecule has 0 fully saturated rings. The summed E-state index contributed by atoms with van der Waals surface area (Å²) in [6.45, 7) is 4.23. The van der Waals surface area contributed by atoms with Crippen LogP contribution in [-0.2, 0) is 4.79 Å². The number of ether oxygens (including phenoxy) is 2. The van der Waals surface area contributed by atoms with Crippen LogP contribution in [0.2, 0.25) is 0 Å². The van der Waals surface area contributed by atoms with Crippen LogP contribution in [0.3, 0.4) is 0 Å². The van der Waals surface area contributed by atoms with E-state index in [1.54, 1.807) is 13.0 Å². The Hall–Kier alpha value is -1.03. The lowest BCUT2D eigenvalue weighted by Crippen LogP contribution is -2.05. The maximum Gasteiger partial charge on any atom is 0.311 e. The van der Waals surface area contributed by atoms with Crippen LogP contribution in [0.4, 0.5) is 0 Å². The molecule has 0 bridgehead atoms. The van der Waals surface area contributed by atoms with Crippen LogP contribution in [0.5, 0.6) is 10.8 Å². The zero-order valence-electron chi connectivity index (χ0n) is 7.70. The normalized spacial score (nSPS) is 9.69. The van der Waals surface area contributed by atoms with Gasteiger partial charge < -0.3 is 9.47 Å². The first-order valence-corrected chi connectivity index (χ1v) is 5.06. The Morgan fingerprint density at radius 2 is 2.31 bits per heavy atom. The van der Waals surface area contributed by atoms with Crippen molar-refractivity contribution in [1.82, 2.24) is 0 Å². The fraction of sp³-hybridized carbons (Fsp3) is 0.444. The fourth-order valence-corrected chi connectivity index (χ4v) is 1.50. The summed E-state index contributed by atoms with van der Waals surface area (Å²) in [6, 6.07) is 1.80.